The van der Waals surface area contributed by atoms with Crippen molar-refractivity contribution in [2.75, 3.05) is 6.54 Å². The third-order valence-electron chi connectivity index (χ3n) is 2.45. The molecule has 0 saturated heterocycles. The second-order valence-electron chi connectivity index (χ2n) is 4.22. The van der Waals surface area contributed by atoms with Gasteiger partial charge in [0, 0.05) is 22.7 Å². The molecule has 0 aliphatic heterocycles. The fraction of sp³-hybridized carbons (Fsp3) is 0.357. The predicted octanol–water partition coefficient (Wildman–Crippen LogP) is 3.28. The van der Waals surface area contributed by atoms with Crippen molar-refractivity contribution in [1.29, 1.82) is 0 Å². The summed E-state index contributed by atoms with van der Waals surface area (Å²) in [7, 11) is 0. The lowest BCUT2D eigenvalue weighted by Crippen LogP contribution is -2.30. The first kappa shape index (κ1) is 16.0. The Labute approximate surface area is 123 Å². The van der Waals surface area contributed by atoms with E-state index in [1.807, 2.05) is 6.92 Å². The molecule has 0 aliphatic carbocycles. The Morgan fingerprint density at radius 3 is 2.58 bits per heavy atom. The number of carbonyl (C=O) groups is 1. The van der Waals surface area contributed by atoms with Crippen molar-refractivity contribution in [3.05, 3.63) is 39.9 Å². The molecule has 1 aromatic rings. The molecule has 0 heterocycles. The highest BCUT2D eigenvalue weighted by atomic mass is 35.5. The van der Waals surface area contributed by atoms with Gasteiger partial charge in [0.2, 0.25) is 5.91 Å². The maximum atomic E-state index is 11.5. The van der Waals surface area contributed by atoms with E-state index in [1.54, 1.807) is 24.3 Å². The summed E-state index contributed by atoms with van der Waals surface area (Å²) in [5, 5.41) is 13.1. The molecule has 0 aliphatic rings. The molecule has 1 rings (SSSR count). The Bertz CT molecular complexity index is 441. The number of amides is 1. The highest BCUT2D eigenvalue weighted by Gasteiger charge is 2.03. The topological polar surface area (TPSA) is 49.3 Å². The smallest absolute Gasteiger partial charge is 0.244 e. The number of carbonyl (C=O) groups excluding carboxylic acids is 1. The fourth-order valence-electron chi connectivity index (χ4n) is 1.56. The molecular formula is C14H17Cl2NO2. The molecule has 0 spiro atoms. The normalized spacial score (nSPS) is 12.6. The SMILES string of the molecule is CCCC(O)CNC(=O)/C=C/c1cc(Cl)cc(Cl)c1. The number of hydrogen-bond donors (Lipinski definition) is 2. The minimum atomic E-state index is -0.497. The highest BCUT2D eigenvalue weighted by molar-refractivity contribution is 6.34. The van der Waals surface area contributed by atoms with Gasteiger partial charge in [0.15, 0.2) is 0 Å². The zero-order chi connectivity index (χ0) is 14.3. The van der Waals surface area contributed by atoms with Gasteiger partial charge in [-0.25, -0.2) is 0 Å². The first-order valence-corrected chi connectivity index (χ1v) is 6.87. The average molecular weight is 302 g/mol. The summed E-state index contributed by atoms with van der Waals surface area (Å²) in [5.41, 5.74) is 0.752. The second-order valence-corrected chi connectivity index (χ2v) is 5.10. The molecule has 1 atom stereocenters. The van der Waals surface area contributed by atoms with Crippen LogP contribution in [0.15, 0.2) is 24.3 Å². The van der Waals surface area contributed by atoms with Crippen LogP contribution in [0.2, 0.25) is 10.0 Å². The summed E-state index contributed by atoms with van der Waals surface area (Å²) in [4.78, 5) is 11.5. The van der Waals surface area contributed by atoms with E-state index in [1.165, 1.54) is 6.08 Å². The molecule has 0 radical (unpaired) electrons. The Morgan fingerprint density at radius 2 is 2.00 bits per heavy atom. The van der Waals surface area contributed by atoms with Gasteiger partial charge in [-0.3, -0.25) is 4.79 Å². The molecule has 0 bridgehead atoms. The minimum absolute atomic E-state index is 0.257. The molecule has 0 fully saturated rings. The van der Waals surface area contributed by atoms with E-state index >= 15 is 0 Å². The summed E-state index contributed by atoms with van der Waals surface area (Å²) in [6, 6.07) is 5.05. The van der Waals surface area contributed by atoms with Crippen molar-refractivity contribution in [3.63, 3.8) is 0 Å². The summed E-state index contributed by atoms with van der Waals surface area (Å²) < 4.78 is 0. The molecule has 0 saturated carbocycles. The molecule has 104 valence electrons. The number of aliphatic hydroxyl groups is 1. The van der Waals surface area contributed by atoms with E-state index in [0.29, 0.717) is 16.5 Å². The molecule has 3 nitrogen and oxygen atoms in total. The van der Waals surface area contributed by atoms with Crippen molar-refractivity contribution in [2.24, 2.45) is 0 Å². The van der Waals surface area contributed by atoms with Crippen molar-refractivity contribution >= 4 is 35.2 Å². The quantitative estimate of drug-likeness (QED) is 0.792. The van der Waals surface area contributed by atoms with Gasteiger partial charge in [0.05, 0.1) is 6.10 Å². The van der Waals surface area contributed by atoms with E-state index < -0.39 is 6.10 Å². The molecular weight excluding hydrogens is 285 g/mol. The first-order chi connectivity index (χ1) is 9.01. The van der Waals surface area contributed by atoms with Crippen molar-refractivity contribution < 1.29 is 9.90 Å². The van der Waals surface area contributed by atoms with Gasteiger partial charge in [0.1, 0.15) is 0 Å². The number of halogens is 2. The zero-order valence-electron chi connectivity index (χ0n) is 10.7. The molecule has 19 heavy (non-hydrogen) atoms. The lowest BCUT2D eigenvalue weighted by molar-refractivity contribution is -0.116. The van der Waals surface area contributed by atoms with Crippen LogP contribution in [-0.4, -0.2) is 23.7 Å². The largest absolute Gasteiger partial charge is 0.391 e. The average Bonchev–Trinajstić information content (AvgIpc) is 2.33. The first-order valence-electron chi connectivity index (χ1n) is 6.11. The van der Waals surface area contributed by atoms with Crippen molar-refractivity contribution in [3.8, 4) is 0 Å². The summed E-state index contributed by atoms with van der Waals surface area (Å²) >= 11 is 11.7. The van der Waals surface area contributed by atoms with Crippen molar-refractivity contribution in [1.82, 2.24) is 5.32 Å². The molecule has 5 heteroatoms. The highest BCUT2D eigenvalue weighted by Crippen LogP contribution is 2.19. The Hall–Kier alpha value is -1.03. The Kier molecular flexibility index (Phi) is 6.92. The third-order valence-corrected chi connectivity index (χ3v) is 2.88. The number of nitrogens with one attached hydrogen (secondary N) is 1. The molecule has 1 unspecified atom stereocenters. The van der Waals surface area contributed by atoms with Gasteiger partial charge in [0.25, 0.3) is 0 Å². The van der Waals surface area contributed by atoms with Gasteiger partial charge in [-0.15, -0.1) is 0 Å². The van der Waals surface area contributed by atoms with Crippen LogP contribution in [0.4, 0.5) is 0 Å². The van der Waals surface area contributed by atoms with E-state index in [-0.39, 0.29) is 12.5 Å². The number of benzene rings is 1. The second kappa shape index (κ2) is 8.20. The molecule has 1 amide bonds. The zero-order valence-corrected chi connectivity index (χ0v) is 12.2. The van der Waals surface area contributed by atoms with Gasteiger partial charge in [-0.05, 0) is 36.3 Å². The number of hydrogen-bond acceptors (Lipinski definition) is 2. The summed E-state index contributed by atoms with van der Waals surface area (Å²) in [5.74, 6) is -0.258. The maximum absolute atomic E-state index is 11.5. The van der Waals surface area contributed by atoms with Crippen LogP contribution in [0.25, 0.3) is 6.08 Å². The monoisotopic (exact) mass is 301 g/mol. The van der Waals surface area contributed by atoms with Crippen LogP contribution in [0.3, 0.4) is 0 Å². The lowest BCUT2D eigenvalue weighted by Gasteiger charge is -2.08. The maximum Gasteiger partial charge on any atom is 0.244 e. The third kappa shape index (κ3) is 6.62. The fourth-order valence-corrected chi connectivity index (χ4v) is 2.10. The van der Waals surface area contributed by atoms with Gasteiger partial charge in [-0.1, -0.05) is 36.5 Å². The summed E-state index contributed by atoms with van der Waals surface area (Å²) in [6.07, 6.45) is 4.07. The number of rotatable bonds is 6. The van der Waals surface area contributed by atoms with Crippen molar-refractivity contribution in [2.45, 2.75) is 25.9 Å². The minimum Gasteiger partial charge on any atom is -0.391 e. The van der Waals surface area contributed by atoms with Crippen LogP contribution in [-0.2, 0) is 4.79 Å². The van der Waals surface area contributed by atoms with E-state index in [2.05, 4.69) is 5.32 Å². The van der Waals surface area contributed by atoms with Crippen LogP contribution < -0.4 is 5.32 Å². The van der Waals surface area contributed by atoms with Crippen LogP contribution in [0, 0.1) is 0 Å². The van der Waals surface area contributed by atoms with Gasteiger partial charge >= 0.3 is 0 Å². The Balaban J connectivity index is 2.49. The van der Waals surface area contributed by atoms with Gasteiger partial charge < -0.3 is 10.4 Å². The van der Waals surface area contributed by atoms with E-state index in [0.717, 1.165) is 12.0 Å². The predicted molar refractivity (Wildman–Crippen MR) is 79.4 cm³/mol. The van der Waals surface area contributed by atoms with Gasteiger partial charge in [-0.2, -0.15) is 0 Å². The standard InChI is InChI=1S/C14H17Cl2NO2/c1-2-3-13(18)9-17-14(19)5-4-10-6-11(15)8-12(16)7-10/h4-8,13,18H,2-3,9H2,1H3,(H,17,19)/b5-4+. The Morgan fingerprint density at radius 1 is 1.37 bits per heavy atom. The van der Waals surface area contributed by atoms with E-state index in [9.17, 15) is 9.90 Å². The van der Waals surface area contributed by atoms with Crippen LogP contribution in [0.5, 0.6) is 0 Å². The molecule has 0 aromatic heterocycles. The van der Waals surface area contributed by atoms with Crippen LogP contribution in [0.1, 0.15) is 25.3 Å². The lowest BCUT2D eigenvalue weighted by atomic mass is 10.2. The summed E-state index contributed by atoms with van der Waals surface area (Å²) in [6.45, 7) is 2.24. The number of aliphatic hydroxyl groups excluding tert-OH is 1. The molecule has 2 N–H and O–H groups in total. The van der Waals surface area contributed by atoms with E-state index in [4.69, 9.17) is 23.2 Å². The molecule has 1 aromatic carbocycles. The van der Waals surface area contributed by atoms with Crippen LogP contribution >= 0.6 is 23.2 Å².